The molecule has 2 aliphatic rings. The molecular formula is C19H26N2O5S. The molecule has 7 nitrogen and oxygen atoms in total. The highest BCUT2D eigenvalue weighted by molar-refractivity contribution is 7.89. The van der Waals surface area contributed by atoms with E-state index in [0.717, 1.165) is 6.42 Å². The fraction of sp³-hybridized carbons (Fsp3) is 0.579. The third kappa shape index (κ3) is 4.01. The van der Waals surface area contributed by atoms with Gasteiger partial charge in [-0.3, -0.25) is 4.79 Å². The number of sulfonamides is 1. The van der Waals surface area contributed by atoms with Crippen molar-refractivity contribution in [1.82, 2.24) is 9.21 Å². The Morgan fingerprint density at radius 3 is 2.19 bits per heavy atom. The molecule has 0 saturated carbocycles. The molecule has 0 aromatic heterocycles. The molecule has 0 N–H and O–H groups in total. The average Bonchev–Trinajstić information content (AvgIpc) is 2.98. The second kappa shape index (κ2) is 6.60. The van der Waals surface area contributed by atoms with Gasteiger partial charge in [-0.15, -0.1) is 0 Å². The highest BCUT2D eigenvalue weighted by Crippen LogP contribution is 2.42. The Morgan fingerprint density at radius 2 is 1.67 bits per heavy atom. The van der Waals surface area contributed by atoms with Crippen LogP contribution in [-0.2, 0) is 14.8 Å². The summed E-state index contributed by atoms with van der Waals surface area (Å²) < 4.78 is 32.4. The molecule has 0 atom stereocenters. The number of carbonyl (C=O) groups excluding carboxylic acids is 2. The Kier molecular flexibility index (Phi) is 4.84. The van der Waals surface area contributed by atoms with Gasteiger partial charge in [0.05, 0.1) is 4.90 Å². The van der Waals surface area contributed by atoms with E-state index in [1.807, 2.05) is 20.8 Å². The van der Waals surface area contributed by atoms with Gasteiger partial charge >= 0.3 is 6.09 Å². The van der Waals surface area contributed by atoms with E-state index in [0.29, 0.717) is 31.7 Å². The van der Waals surface area contributed by atoms with Crippen LogP contribution in [0.3, 0.4) is 0 Å². The average molecular weight is 394 g/mol. The van der Waals surface area contributed by atoms with Crippen LogP contribution in [-0.4, -0.2) is 61.3 Å². The van der Waals surface area contributed by atoms with Gasteiger partial charge in [-0.05, 0) is 46.2 Å². The van der Waals surface area contributed by atoms with Crippen molar-refractivity contribution in [3.8, 4) is 0 Å². The Balaban J connectivity index is 1.63. The predicted octanol–water partition coefficient (Wildman–Crippen LogP) is 2.52. The van der Waals surface area contributed by atoms with Gasteiger partial charge in [-0.2, -0.15) is 4.31 Å². The molecule has 1 amide bonds. The summed E-state index contributed by atoms with van der Waals surface area (Å²) in [6, 6.07) is 6.01. The van der Waals surface area contributed by atoms with Gasteiger partial charge in [-0.1, -0.05) is 12.1 Å². The van der Waals surface area contributed by atoms with Crippen LogP contribution in [0.15, 0.2) is 29.2 Å². The van der Waals surface area contributed by atoms with Gasteiger partial charge in [-0.25, -0.2) is 13.2 Å². The minimum absolute atomic E-state index is 0.102. The molecule has 1 spiro atoms. The number of hydrogen-bond acceptors (Lipinski definition) is 5. The molecule has 1 aromatic carbocycles. The first kappa shape index (κ1) is 19.8. The van der Waals surface area contributed by atoms with Crippen LogP contribution in [0.2, 0.25) is 0 Å². The van der Waals surface area contributed by atoms with Crippen molar-refractivity contribution in [1.29, 1.82) is 0 Å². The first-order valence-electron chi connectivity index (χ1n) is 9.01. The number of hydrogen-bond donors (Lipinski definition) is 0. The summed E-state index contributed by atoms with van der Waals surface area (Å²) in [6.45, 7) is 8.79. The quantitative estimate of drug-likeness (QED) is 0.736. The van der Waals surface area contributed by atoms with E-state index in [1.54, 1.807) is 4.90 Å². The zero-order valence-corrected chi connectivity index (χ0v) is 17.0. The summed E-state index contributed by atoms with van der Waals surface area (Å²) in [5.74, 6) is -0.102. The van der Waals surface area contributed by atoms with Crippen molar-refractivity contribution < 1.29 is 22.7 Å². The van der Waals surface area contributed by atoms with Gasteiger partial charge in [0.25, 0.3) is 0 Å². The molecular weight excluding hydrogens is 368 g/mol. The molecule has 2 saturated heterocycles. The van der Waals surface area contributed by atoms with Crippen molar-refractivity contribution in [3.63, 3.8) is 0 Å². The number of amides is 1. The summed E-state index contributed by atoms with van der Waals surface area (Å²) in [6.07, 6.45) is 0.419. The Labute approximate surface area is 160 Å². The second-order valence-corrected chi connectivity index (χ2v) is 10.4. The maximum atomic E-state index is 12.8. The molecule has 2 heterocycles. The van der Waals surface area contributed by atoms with Gasteiger partial charge in [0.15, 0.2) is 5.78 Å². The zero-order chi connectivity index (χ0) is 20.0. The molecule has 2 fully saturated rings. The molecule has 0 radical (unpaired) electrons. The molecule has 8 heteroatoms. The van der Waals surface area contributed by atoms with E-state index in [1.165, 1.54) is 35.5 Å². The van der Waals surface area contributed by atoms with Crippen molar-refractivity contribution >= 4 is 21.9 Å². The van der Waals surface area contributed by atoms with E-state index in [4.69, 9.17) is 4.74 Å². The lowest BCUT2D eigenvalue weighted by Gasteiger charge is -2.46. The monoisotopic (exact) mass is 394 g/mol. The van der Waals surface area contributed by atoms with Crippen LogP contribution in [0.25, 0.3) is 0 Å². The van der Waals surface area contributed by atoms with Crippen molar-refractivity contribution in [2.24, 2.45) is 5.41 Å². The number of carbonyl (C=O) groups is 2. The van der Waals surface area contributed by atoms with E-state index in [9.17, 15) is 18.0 Å². The fourth-order valence-corrected chi connectivity index (χ4v) is 5.22. The van der Waals surface area contributed by atoms with E-state index in [-0.39, 0.29) is 22.2 Å². The molecule has 0 aliphatic carbocycles. The van der Waals surface area contributed by atoms with Crippen LogP contribution < -0.4 is 0 Å². The van der Waals surface area contributed by atoms with Gasteiger partial charge in [0, 0.05) is 37.2 Å². The van der Waals surface area contributed by atoms with Gasteiger partial charge in [0.1, 0.15) is 5.60 Å². The number of likely N-dealkylation sites (tertiary alicyclic amines) is 1. The highest BCUT2D eigenvalue weighted by atomic mass is 32.2. The second-order valence-electron chi connectivity index (χ2n) is 8.51. The summed E-state index contributed by atoms with van der Waals surface area (Å²) in [7, 11) is -3.59. The largest absolute Gasteiger partial charge is 0.444 e. The lowest BCUT2D eigenvalue weighted by Crippen LogP contribution is -2.59. The summed E-state index contributed by atoms with van der Waals surface area (Å²) in [5.41, 5.74) is -0.255. The van der Waals surface area contributed by atoms with Crippen molar-refractivity contribution in [2.45, 2.75) is 44.6 Å². The van der Waals surface area contributed by atoms with Crippen LogP contribution in [0.5, 0.6) is 0 Å². The minimum Gasteiger partial charge on any atom is -0.444 e. The number of ketones is 1. The van der Waals surface area contributed by atoms with Crippen LogP contribution in [0.4, 0.5) is 4.79 Å². The maximum Gasteiger partial charge on any atom is 0.410 e. The van der Waals surface area contributed by atoms with Crippen LogP contribution >= 0.6 is 0 Å². The van der Waals surface area contributed by atoms with Crippen molar-refractivity contribution in [2.75, 3.05) is 26.2 Å². The number of Topliss-reactive ketones (excluding diaryl/α,β-unsaturated/α-hetero) is 1. The van der Waals surface area contributed by atoms with E-state index < -0.39 is 15.6 Å². The number of benzene rings is 1. The number of rotatable bonds is 3. The minimum atomic E-state index is -3.59. The molecule has 2 aliphatic heterocycles. The normalized spacial score (nSPS) is 19.8. The fourth-order valence-electron chi connectivity index (χ4n) is 3.56. The van der Waals surface area contributed by atoms with E-state index in [2.05, 4.69) is 0 Å². The Morgan fingerprint density at radius 1 is 1.07 bits per heavy atom. The third-order valence-corrected chi connectivity index (χ3v) is 6.82. The molecule has 148 valence electrons. The van der Waals surface area contributed by atoms with Crippen molar-refractivity contribution in [3.05, 3.63) is 29.8 Å². The van der Waals surface area contributed by atoms with Gasteiger partial charge in [0.2, 0.25) is 10.0 Å². The SMILES string of the molecule is CC(=O)c1ccc(S(=O)(=O)N2CC3(CCN(C(=O)OC(C)(C)C)C3)C2)cc1. The Bertz CT molecular complexity index is 849. The summed E-state index contributed by atoms with van der Waals surface area (Å²) in [4.78, 5) is 25.4. The predicted molar refractivity (Wildman–Crippen MR) is 100 cm³/mol. The summed E-state index contributed by atoms with van der Waals surface area (Å²) in [5, 5.41) is 0. The number of nitrogens with zero attached hydrogens (tertiary/aromatic N) is 2. The first-order chi connectivity index (χ1) is 12.4. The number of ether oxygens (including phenoxy) is 1. The van der Waals surface area contributed by atoms with E-state index >= 15 is 0 Å². The molecule has 27 heavy (non-hydrogen) atoms. The molecule has 1 aromatic rings. The van der Waals surface area contributed by atoms with Gasteiger partial charge < -0.3 is 9.64 Å². The highest BCUT2D eigenvalue weighted by Gasteiger charge is 2.53. The maximum absolute atomic E-state index is 12.8. The molecule has 0 bridgehead atoms. The topological polar surface area (TPSA) is 84.0 Å². The first-order valence-corrected chi connectivity index (χ1v) is 10.5. The summed E-state index contributed by atoms with van der Waals surface area (Å²) >= 11 is 0. The lowest BCUT2D eigenvalue weighted by molar-refractivity contribution is 0.0211. The third-order valence-electron chi connectivity index (χ3n) is 5.01. The van der Waals surface area contributed by atoms with Crippen LogP contribution in [0.1, 0.15) is 44.5 Å². The Hall–Kier alpha value is -1.93. The standard InChI is InChI=1S/C19H26N2O5S/c1-14(22)15-5-7-16(8-6-15)27(24,25)21-12-19(13-21)9-10-20(11-19)17(23)26-18(2,3)4/h5-8H,9-13H2,1-4H3. The smallest absolute Gasteiger partial charge is 0.410 e. The molecule has 0 unspecified atom stereocenters. The molecule has 3 rings (SSSR count). The zero-order valence-electron chi connectivity index (χ0n) is 16.2. The lowest BCUT2D eigenvalue weighted by atomic mass is 9.81. The van der Waals surface area contributed by atoms with Crippen LogP contribution in [0, 0.1) is 5.41 Å².